The zero-order valence-electron chi connectivity index (χ0n) is 32.8. The van der Waals surface area contributed by atoms with Gasteiger partial charge in [-0.3, -0.25) is 0 Å². The van der Waals surface area contributed by atoms with Crippen LogP contribution >= 0.6 is 0 Å². The third-order valence-electron chi connectivity index (χ3n) is 11.9. The maximum Gasteiger partial charge on any atom is 0.115 e. The molecule has 2 aromatic heterocycles. The van der Waals surface area contributed by atoms with Gasteiger partial charge in [0.15, 0.2) is 0 Å². The first-order valence-corrected chi connectivity index (χ1v) is 18.0. The Bertz CT molecular complexity index is 3170. The van der Waals surface area contributed by atoms with Crippen molar-refractivity contribution in [3.8, 4) is 22.5 Å². The summed E-state index contributed by atoms with van der Waals surface area (Å²) >= 11 is 0. The van der Waals surface area contributed by atoms with Crippen LogP contribution in [0.15, 0.2) is 0 Å². The molecule has 62 heavy (non-hydrogen) atoms. The molecule has 0 aliphatic carbocycles. The molecule has 26 heteroatoms. The summed E-state index contributed by atoms with van der Waals surface area (Å²) in [4.78, 5) is 0. The SMILES string of the molecule is [B]c1c([B])c([B])c(-n2c3c([B])c([B])c([B])c([B])c3c3c([B])c(-c4c([B])c([B])c5c(c4[B])c4c([B])c([B])c([B])c([B])c4n5-c4c([B])c([B])c([B])c([B])c4[B])c([B])c([B])c32)c([B])c1[B]. The third kappa shape index (κ3) is 5.58. The van der Waals surface area contributed by atoms with Gasteiger partial charge in [0.05, 0.1) is 0 Å². The Morgan fingerprint density at radius 3 is 0.597 bits per heavy atom. The minimum Gasteiger partial charge on any atom is -0.312 e. The van der Waals surface area contributed by atoms with Gasteiger partial charge in [0, 0.05) is 44.2 Å². The lowest BCUT2D eigenvalue weighted by atomic mass is 9.61. The van der Waals surface area contributed by atoms with E-state index in [0.29, 0.717) is 0 Å². The Hall–Kier alpha value is -3.52. The third-order valence-corrected chi connectivity index (χ3v) is 11.9. The predicted molar refractivity (Wildman–Crippen MR) is 290 cm³/mol. The number of rotatable bonds is 3. The molecule has 2 nitrogen and oxygen atoms in total. The molecule has 0 unspecified atom stereocenters. The van der Waals surface area contributed by atoms with Crippen LogP contribution in [0.5, 0.6) is 0 Å². The maximum atomic E-state index is 7.21. The van der Waals surface area contributed by atoms with Crippen LogP contribution in [0.2, 0.25) is 0 Å². The van der Waals surface area contributed by atoms with E-state index >= 15 is 0 Å². The molecule has 226 valence electrons. The standard InChI is InChI=1S/C36B24N2/c37-7-1(9(39)23(53)31-3(7)5-11(41)13(43)17(47)25(55)33(5)61(31)35-27(57)19(49)15(45)20(50)28(35)58)2-8(38)4-6-12(42)14(44)18(48)26(56)34(6)62(32(4)24(54)10(2)40)36-29(59)21(51)16(46)22(52)30(36)60. The van der Waals surface area contributed by atoms with E-state index in [4.69, 9.17) is 188 Å². The van der Waals surface area contributed by atoms with Gasteiger partial charge >= 0.3 is 0 Å². The lowest BCUT2D eigenvalue weighted by Crippen LogP contribution is -2.56. The Kier molecular flexibility index (Phi) is 10.9. The van der Waals surface area contributed by atoms with Crippen LogP contribution in [0, 0.1) is 0 Å². The summed E-state index contributed by atoms with van der Waals surface area (Å²) in [6.45, 7) is 0. The molecule has 0 saturated carbocycles. The van der Waals surface area contributed by atoms with Crippen molar-refractivity contribution < 1.29 is 0 Å². The summed E-state index contributed by atoms with van der Waals surface area (Å²) < 4.78 is 2.84. The second-order valence-corrected chi connectivity index (χ2v) is 14.9. The molecular formula is C36B24N2. The zero-order valence-corrected chi connectivity index (χ0v) is 32.8. The van der Waals surface area contributed by atoms with E-state index in [9.17, 15) is 0 Å². The first-order valence-electron chi connectivity index (χ1n) is 18.0. The normalized spacial score (nSPS) is 11.8. The number of hydrogen-bond acceptors (Lipinski definition) is 0. The van der Waals surface area contributed by atoms with E-state index in [2.05, 4.69) is 0 Å². The second kappa shape index (κ2) is 15.0. The number of nitrogens with zero attached hydrogens (tertiary/aromatic N) is 2. The number of aromatic nitrogens is 2. The highest BCUT2D eigenvalue weighted by atomic mass is 15.0. The van der Waals surface area contributed by atoms with Gasteiger partial charge in [0.2, 0.25) is 0 Å². The van der Waals surface area contributed by atoms with Crippen LogP contribution in [0.4, 0.5) is 0 Å². The molecule has 0 fully saturated rings. The van der Waals surface area contributed by atoms with Crippen LogP contribution in [0.1, 0.15) is 0 Å². The Labute approximate surface area is 392 Å². The topological polar surface area (TPSA) is 9.86 Å². The fourth-order valence-corrected chi connectivity index (χ4v) is 8.52. The van der Waals surface area contributed by atoms with Gasteiger partial charge in [-0.05, 0) is 21.9 Å². The lowest BCUT2D eigenvalue weighted by molar-refractivity contribution is 1.22. The van der Waals surface area contributed by atoms with Gasteiger partial charge in [-0.15, -0.1) is 54.6 Å². The fourth-order valence-electron chi connectivity index (χ4n) is 8.52. The number of fused-ring (bicyclic) bond motifs is 6. The van der Waals surface area contributed by atoms with E-state index in [1.165, 1.54) is 9.13 Å². The highest BCUT2D eigenvalue weighted by molar-refractivity contribution is 6.75. The van der Waals surface area contributed by atoms with Crippen LogP contribution in [-0.2, 0) is 0 Å². The summed E-state index contributed by atoms with van der Waals surface area (Å²) in [7, 11) is 159. The molecule has 0 bridgehead atoms. The van der Waals surface area contributed by atoms with E-state index in [0.717, 1.165) is 0 Å². The van der Waals surface area contributed by atoms with Gasteiger partial charge in [0.1, 0.15) is 188 Å². The first kappa shape index (κ1) is 45.1. The van der Waals surface area contributed by atoms with Gasteiger partial charge in [-0.2, -0.15) is 0 Å². The molecule has 8 aromatic rings. The highest BCUT2D eigenvalue weighted by Crippen LogP contribution is 2.31. The number of benzene rings is 6. The summed E-state index contributed by atoms with van der Waals surface area (Å²) in [6.07, 6.45) is 0. The fraction of sp³-hybridized carbons (Fsp3) is 0. The van der Waals surface area contributed by atoms with Crippen LogP contribution in [-0.4, -0.2) is 197 Å². The molecule has 48 radical (unpaired) electrons. The van der Waals surface area contributed by atoms with Gasteiger partial charge in [-0.1, -0.05) is 76.5 Å². The van der Waals surface area contributed by atoms with E-state index in [1.54, 1.807) is 0 Å². The van der Waals surface area contributed by atoms with Crippen molar-refractivity contribution in [3.05, 3.63) is 0 Å². The molecule has 0 aliphatic heterocycles. The molecule has 0 aliphatic rings. The van der Waals surface area contributed by atoms with Crippen molar-refractivity contribution >= 4 is 363 Å². The molecule has 8 rings (SSSR count). The van der Waals surface area contributed by atoms with E-state index in [-0.39, 0.29) is 197 Å². The van der Waals surface area contributed by atoms with Crippen LogP contribution < -0.4 is 131 Å². The first-order chi connectivity index (χ1) is 28.9. The molecule has 0 spiro atoms. The molecule has 0 atom stereocenters. The van der Waals surface area contributed by atoms with Crippen molar-refractivity contribution in [1.82, 2.24) is 9.13 Å². The summed E-state index contributed by atoms with van der Waals surface area (Å²) in [5.74, 6) is 0. The minimum atomic E-state index is -0.185. The Balaban J connectivity index is 1.65. The average Bonchev–Trinajstić information content (AvgIpc) is 3.78. The average molecular weight is 720 g/mol. The zero-order chi connectivity index (χ0) is 45.9. The van der Waals surface area contributed by atoms with Gasteiger partial charge in [0.25, 0.3) is 0 Å². The van der Waals surface area contributed by atoms with Crippen molar-refractivity contribution in [2.45, 2.75) is 0 Å². The van der Waals surface area contributed by atoms with Crippen molar-refractivity contribution in [2.24, 2.45) is 0 Å². The van der Waals surface area contributed by atoms with Crippen molar-refractivity contribution in [2.75, 3.05) is 0 Å². The van der Waals surface area contributed by atoms with E-state index < -0.39 is 0 Å². The molecule has 0 amide bonds. The van der Waals surface area contributed by atoms with Crippen LogP contribution in [0.3, 0.4) is 0 Å². The maximum absolute atomic E-state index is 7.21. The van der Waals surface area contributed by atoms with Crippen molar-refractivity contribution in [3.63, 3.8) is 0 Å². The largest absolute Gasteiger partial charge is 0.312 e. The van der Waals surface area contributed by atoms with Gasteiger partial charge < -0.3 is 9.13 Å². The minimum absolute atomic E-state index is 0.00682. The molecular weight excluding hydrogens is 720 g/mol. The number of hydrogen-bond donors (Lipinski definition) is 0. The lowest BCUT2D eigenvalue weighted by Gasteiger charge is -2.27. The summed E-state index contributed by atoms with van der Waals surface area (Å²) in [6, 6.07) is 0. The Morgan fingerprint density at radius 1 is 0.161 bits per heavy atom. The quantitative estimate of drug-likeness (QED) is 0.161. The van der Waals surface area contributed by atoms with Crippen LogP contribution in [0.25, 0.3) is 66.1 Å². The highest BCUT2D eigenvalue weighted by Gasteiger charge is 2.30. The molecule has 0 saturated heterocycles. The smallest absolute Gasteiger partial charge is 0.115 e. The summed E-state index contributed by atoms with van der Waals surface area (Å²) in [5.41, 5.74) is -2.39. The van der Waals surface area contributed by atoms with E-state index in [1.807, 2.05) is 0 Å². The molecule has 6 aromatic carbocycles. The molecule has 2 heterocycles. The molecule has 0 N–H and O–H groups in total. The van der Waals surface area contributed by atoms with Gasteiger partial charge in [-0.25, -0.2) is 0 Å². The monoisotopic (exact) mass is 724 g/mol. The Morgan fingerprint density at radius 2 is 0.339 bits per heavy atom. The van der Waals surface area contributed by atoms with Crippen molar-refractivity contribution in [1.29, 1.82) is 0 Å². The summed E-state index contributed by atoms with van der Waals surface area (Å²) in [5, 5.41) is 0.490. The predicted octanol–water partition coefficient (Wildman–Crippen LogP) is -19.4. The second-order valence-electron chi connectivity index (χ2n) is 14.9.